The fourth-order valence-corrected chi connectivity index (χ4v) is 1.65. The molecule has 0 spiro atoms. The lowest BCUT2D eigenvalue weighted by Crippen LogP contribution is -2.52. The van der Waals surface area contributed by atoms with Crippen LogP contribution in [0.1, 0.15) is 25.7 Å². The van der Waals surface area contributed by atoms with Crippen LogP contribution in [-0.2, 0) is 9.59 Å². The predicted molar refractivity (Wildman–Crippen MR) is 70.6 cm³/mol. The number of hydrogen-bond donors (Lipinski definition) is 6. The lowest BCUT2D eigenvalue weighted by molar-refractivity contribution is -0.145. The average molecular weight is 292 g/mol. The second-order valence-corrected chi connectivity index (χ2v) is 4.65. The van der Waals surface area contributed by atoms with Gasteiger partial charge in [-0.25, -0.2) is 0 Å². The van der Waals surface area contributed by atoms with Gasteiger partial charge in [-0.15, -0.1) is 0 Å². The monoisotopic (exact) mass is 292 g/mol. The van der Waals surface area contributed by atoms with Crippen molar-refractivity contribution in [3.8, 4) is 0 Å². The van der Waals surface area contributed by atoms with Gasteiger partial charge in [-0.05, 0) is 19.4 Å². The average Bonchev–Trinajstić information content (AvgIpc) is 2.47. The molecular weight excluding hydrogens is 268 g/mol. The molecule has 118 valence electrons. The number of ketones is 2. The van der Waals surface area contributed by atoms with E-state index in [-0.39, 0.29) is 6.42 Å². The summed E-state index contributed by atoms with van der Waals surface area (Å²) in [5.41, 5.74) is 10.7. The lowest BCUT2D eigenvalue weighted by Gasteiger charge is -2.22. The van der Waals surface area contributed by atoms with Crippen LogP contribution in [0.2, 0.25) is 0 Å². The van der Waals surface area contributed by atoms with Crippen LogP contribution in [0, 0.1) is 0 Å². The van der Waals surface area contributed by atoms with Crippen LogP contribution in [0.5, 0.6) is 0 Å². The van der Waals surface area contributed by atoms with E-state index in [1.165, 1.54) is 0 Å². The van der Waals surface area contributed by atoms with E-state index in [4.69, 9.17) is 21.7 Å². The predicted octanol–water partition coefficient (Wildman–Crippen LogP) is -2.95. The van der Waals surface area contributed by atoms with Crippen molar-refractivity contribution in [2.75, 3.05) is 13.2 Å². The number of aliphatic hydroxyl groups is 4. The first-order valence-corrected chi connectivity index (χ1v) is 6.55. The maximum atomic E-state index is 11.5. The third-order valence-electron chi connectivity index (χ3n) is 2.99. The van der Waals surface area contributed by atoms with Crippen molar-refractivity contribution in [2.24, 2.45) is 11.5 Å². The molecule has 0 aromatic heterocycles. The normalized spacial score (nSPS) is 17.3. The molecule has 0 heterocycles. The van der Waals surface area contributed by atoms with Gasteiger partial charge in [-0.3, -0.25) is 9.59 Å². The summed E-state index contributed by atoms with van der Waals surface area (Å²) in [6, 6.07) is -1.63. The van der Waals surface area contributed by atoms with Crippen molar-refractivity contribution >= 4 is 11.6 Å². The first-order valence-electron chi connectivity index (χ1n) is 6.55. The van der Waals surface area contributed by atoms with Crippen molar-refractivity contribution in [1.29, 1.82) is 0 Å². The second kappa shape index (κ2) is 9.92. The number of rotatable bonds is 11. The van der Waals surface area contributed by atoms with Crippen molar-refractivity contribution in [3.63, 3.8) is 0 Å². The molecule has 2 unspecified atom stereocenters. The van der Waals surface area contributed by atoms with E-state index in [0.29, 0.717) is 13.0 Å². The van der Waals surface area contributed by atoms with E-state index >= 15 is 0 Å². The molecule has 0 saturated carbocycles. The number of aliphatic hydroxyl groups excluding tert-OH is 4. The number of Topliss-reactive ketones (excluding diaryl/α,β-unsaturated/α-hetero) is 2. The Morgan fingerprint density at radius 2 is 1.60 bits per heavy atom. The van der Waals surface area contributed by atoms with Gasteiger partial charge in [0.1, 0.15) is 18.2 Å². The molecule has 0 fully saturated rings. The summed E-state index contributed by atoms with van der Waals surface area (Å²) in [6.45, 7) is -0.376. The molecule has 0 saturated heterocycles. The van der Waals surface area contributed by atoms with E-state index in [9.17, 15) is 19.8 Å². The van der Waals surface area contributed by atoms with Crippen LogP contribution in [0.15, 0.2) is 0 Å². The molecule has 0 rings (SSSR count). The van der Waals surface area contributed by atoms with E-state index in [2.05, 4.69) is 0 Å². The highest BCUT2D eigenvalue weighted by atomic mass is 16.3. The number of carbonyl (C=O) groups is 2. The summed E-state index contributed by atoms with van der Waals surface area (Å²) in [7, 11) is 0. The molecule has 8 heteroatoms. The molecule has 0 aliphatic carbocycles. The molecule has 0 amide bonds. The van der Waals surface area contributed by atoms with Gasteiger partial charge < -0.3 is 31.9 Å². The van der Waals surface area contributed by atoms with Gasteiger partial charge >= 0.3 is 0 Å². The molecule has 0 aliphatic rings. The van der Waals surface area contributed by atoms with Gasteiger partial charge in [-0.2, -0.15) is 0 Å². The highest BCUT2D eigenvalue weighted by Gasteiger charge is 2.34. The molecular formula is C12H24N2O6. The third kappa shape index (κ3) is 6.04. The van der Waals surface area contributed by atoms with E-state index in [0.717, 1.165) is 12.8 Å². The first-order chi connectivity index (χ1) is 9.36. The zero-order chi connectivity index (χ0) is 15.7. The van der Waals surface area contributed by atoms with Crippen molar-refractivity contribution < 1.29 is 30.0 Å². The summed E-state index contributed by atoms with van der Waals surface area (Å²) in [6.07, 6.45) is -2.33. The van der Waals surface area contributed by atoms with Crippen molar-refractivity contribution in [3.05, 3.63) is 0 Å². The second-order valence-electron chi connectivity index (χ2n) is 4.65. The van der Waals surface area contributed by atoms with Crippen molar-refractivity contribution in [1.82, 2.24) is 0 Å². The lowest BCUT2D eigenvalue weighted by atomic mass is 9.95. The van der Waals surface area contributed by atoms with Crippen LogP contribution in [0.3, 0.4) is 0 Å². The number of carbonyl (C=O) groups excluding carboxylic acids is 2. The van der Waals surface area contributed by atoms with E-state index in [1.54, 1.807) is 0 Å². The molecule has 20 heavy (non-hydrogen) atoms. The molecule has 8 nitrogen and oxygen atoms in total. The zero-order valence-corrected chi connectivity index (χ0v) is 11.3. The van der Waals surface area contributed by atoms with Gasteiger partial charge in [-0.1, -0.05) is 12.8 Å². The minimum absolute atomic E-state index is 0.221. The maximum absolute atomic E-state index is 11.5. The highest BCUT2D eigenvalue weighted by molar-refractivity contribution is 6.40. The standard InChI is InChI=1S/C12H24N2O6/c13-5-3-1-2-4-7(16)10(18)9(14)12(20)11(19)8(17)6-15/h7-10,15-18H,1-6,13-14H2/t7?,8-,9+,10?/m1/s1. The minimum Gasteiger partial charge on any atom is -0.393 e. The largest absolute Gasteiger partial charge is 0.393 e. The zero-order valence-electron chi connectivity index (χ0n) is 11.3. The summed E-state index contributed by atoms with van der Waals surface area (Å²) in [4.78, 5) is 22.8. The summed E-state index contributed by atoms with van der Waals surface area (Å²) < 4.78 is 0. The SMILES string of the molecule is NCCCCCC(O)C(O)[C@H](N)C(=O)C(=O)[C@H](O)CO. The smallest absolute Gasteiger partial charge is 0.230 e. The molecule has 0 aliphatic heterocycles. The van der Waals surface area contributed by atoms with Crippen LogP contribution in [0.25, 0.3) is 0 Å². The Kier molecular flexibility index (Phi) is 9.47. The fourth-order valence-electron chi connectivity index (χ4n) is 1.65. The molecule has 0 aromatic rings. The van der Waals surface area contributed by atoms with Gasteiger partial charge in [0.25, 0.3) is 0 Å². The Labute approximate surface area is 117 Å². The highest BCUT2D eigenvalue weighted by Crippen LogP contribution is 2.10. The summed E-state index contributed by atoms with van der Waals surface area (Å²) >= 11 is 0. The van der Waals surface area contributed by atoms with Crippen LogP contribution in [-0.4, -0.2) is 69.5 Å². The Bertz CT molecular complexity index is 312. The Balaban J connectivity index is 4.34. The van der Waals surface area contributed by atoms with Crippen molar-refractivity contribution in [2.45, 2.75) is 50.0 Å². The van der Waals surface area contributed by atoms with E-state index < -0.39 is 42.5 Å². The van der Waals surface area contributed by atoms with Gasteiger partial charge in [0.05, 0.1) is 12.7 Å². The molecule has 0 radical (unpaired) electrons. The molecule has 4 atom stereocenters. The number of nitrogens with two attached hydrogens (primary N) is 2. The number of unbranched alkanes of at least 4 members (excludes halogenated alkanes) is 2. The summed E-state index contributed by atoms with van der Waals surface area (Å²) in [5, 5.41) is 37.0. The van der Waals surface area contributed by atoms with Crippen LogP contribution >= 0.6 is 0 Å². The Morgan fingerprint density at radius 3 is 2.10 bits per heavy atom. The Morgan fingerprint density at radius 1 is 1.00 bits per heavy atom. The first kappa shape index (κ1) is 19.1. The third-order valence-corrected chi connectivity index (χ3v) is 2.99. The molecule has 8 N–H and O–H groups in total. The maximum Gasteiger partial charge on any atom is 0.230 e. The Hall–Kier alpha value is -0.900. The minimum atomic E-state index is -1.86. The quantitative estimate of drug-likeness (QED) is 0.173. The van der Waals surface area contributed by atoms with E-state index in [1.807, 2.05) is 0 Å². The van der Waals surface area contributed by atoms with Gasteiger partial charge in [0.2, 0.25) is 11.6 Å². The number of hydrogen-bond acceptors (Lipinski definition) is 8. The van der Waals surface area contributed by atoms with Crippen LogP contribution < -0.4 is 11.5 Å². The van der Waals surface area contributed by atoms with Gasteiger partial charge in [0, 0.05) is 0 Å². The summed E-state index contributed by atoms with van der Waals surface area (Å²) in [5.74, 6) is -2.51. The fraction of sp³-hybridized carbons (Fsp3) is 0.833. The van der Waals surface area contributed by atoms with Crippen LogP contribution in [0.4, 0.5) is 0 Å². The molecule has 0 aromatic carbocycles. The van der Waals surface area contributed by atoms with Gasteiger partial charge in [0.15, 0.2) is 0 Å². The topological polar surface area (TPSA) is 167 Å². The molecule has 0 bridgehead atoms.